The van der Waals surface area contributed by atoms with E-state index in [0.717, 1.165) is 5.56 Å². The Kier molecular flexibility index (Phi) is 6.05. The molecule has 0 spiro atoms. The van der Waals surface area contributed by atoms with E-state index in [-0.39, 0.29) is 36.1 Å². The van der Waals surface area contributed by atoms with E-state index >= 15 is 0 Å². The first-order valence-corrected chi connectivity index (χ1v) is 13.0. The molecule has 0 aliphatic carbocycles. The molecule has 154 valence electrons. The van der Waals surface area contributed by atoms with E-state index in [1.54, 1.807) is 0 Å². The Balaban J connectivity index is 1.80. The summed E-state index contributed by atoms with van der Waals surface area (Å²) in [7, 11) is -2.02. The van der Waals surface area contributed by atoms with Crippen molar-refractivity contribution in [2.24, 2.45) is 0 Å². The van der Waals surface area contributed by atoms with Crippen LogP contribution < -0.4 is 0 Å². The summed E-state index contributed by atoms with van der Waals surface area (Å²) in [6, 6.07) is 12.3. The van der Waals surface area contributed by atoms with Crippen LogP contribution in [0.15, 0.2) is 30.3 Å². The molecule has 2 heterocycles. The fraction of sp³-hybridized carbons (Fsp3) is 0.682. The summed E-state index contributed by atoms with van der Waals surface area (Å²) in [5, 5.41) is 9.49. The van der Waals surface area contributed by atoms with Gasteiger partial charge in [-0.3, -0.25) is 0 Å². The third-order valence-corrected chi connectivity index (χ3v) is 10.9. The number of nitrogens with zero attached hydrogens (tertiary/aromatic N) is 1. The number of rotatable bonds is 4. The number of fused-ring (bicyclic) bond motifs is 1. The molecule has 2 aliphatic heterocycles. The topological polar surface area (TPSA) is 60.7 Å². The van der Waals surface area contributed by atoms with Gasteiger partial charge in [0.05, 0.1) is 31.3 Å². The van der Waals surface area contributed by atoms with Crippen molar-refractivity contribution < 1.29 is 18.6 Å². The number of hydrogen-bond acceptors (Lipinski definition) is 5. The van der Waals surface area contributed by atoms with Crippen molar-refractivity contribution in [1.29, 1.82) is 5.26 Å². The van der Waals surface area contributed by atoms with Gasteiger partial charge in [-0.05, 0) is 25.1 Å². The lowest BCUT2D eigenvalue weighted by molar-refractivity contribution is -0.318. The van der Waals surface area contributed by atoms with Gasteiger partial charge in [-0.15, -0.1) is 0 Å². The van der Waals surface area contributed by atoms with Gasteiger partial charge in [-0.1, -0.05) is 51.1 Å². The van der Waals surface area contributed by atoms with Gasteiger partial charge in [0.1, 0.15) is 11.7 Å². The summed E-state index contributed by atoms with van der Waals surface area (Å²) in [4.78, 5) is 0. The van der Waals surface area contributed by atoms with Crippen LogP contribution in [0.1, 0.15) is 52.4 Å². The Labute approximate surface area is 170 Å². The van der Waals surface area contributed by atoms with Crippen LogP contribution in [0.25, 0.3) is 0 Å². The lowest BCUT2D eigenvalue weighted by Gasteiger charge is -2.52. The maximum absolute atomic E-state index is 9.41. The van der Waals surface area contributed by atoms with Crippen LogP contribution >= 0.6 is 0 Å². The van der Waals surface area contributed by atoms with Crippen LogP contribution in [-0.4, -0.2) is 38.8 Å². The van der Waals surface area contributed by atoms with Gasteiger partial charge < -0.3 is 18.6 Å². The third kappa shape index (κ3) is 4.34. The van der Waals surface area contributed by atoms with Gasteiger partial charge in [-0.25, -0.2) is 0 Å². The molecule has 5 nitrogen and oxygen atoms in total. The first-order chi connectivity index (χ1) is 13.1. The standard InChI is InChI=1S/C22H33NO4Si/c1-21(2,3)28(5,6)27-19-14-17-18(26-22(19,4)12-13-23)15-24-20(25-17)16-10-8-7-9-11-16/h7-11,17-20H,12,14-15H2,1-6H3/t17-,18+,19+,20+,22-/m0/s1. The fourth-order valence-electron chi connectivity index (χ4n) is 3.58. The summed E-state index contributed by atoms with van der Waals surface area (Å²) >= 11 is 0. The molecule has 3 rings (SSSR count). The predicted octanol–water partition coefficient (Wildman–Crippen LogP) is 4.95. The molecule has 2 saturated heterocycles. The van der Waals surface area contributed by atoms with Gasteiger partial charge in [-0.2, -0.15) is 5.26 Å². The molecule has 28 heavy (non-hydrogen) atoms. The lowest BCUT2D eigenvalue weighted by Crippen LogP contribution is -2.61. The van der Waals surface area contributed by atoms with Crippen LogP contribution in [0.4, 0.5) is 0 Å². The average molecular weight is 404 g/mol. The second-order valence-electron chi connectivity index (χ2n) is 9.66. The predicted molar refractivity (Wildman–Crippen MR) is 110 cm³/mol. The molecule has 0 radical (unpaired) electrons. The summed E-state index contributed by atoms with van der Waals surface area (Å²) in [6.07, 6.45) is 0.140. The third-order valence-electron chi connectivity index (χ3n) is 6.42. The number of ether oxygens (including phenoxy) is 3. The summed E-state index contributed by atoms with van der Waals surface area (Å²) in [5.74, 6) is 0. The molecule has 0 aromatic heterocycles. The second-order valence-corrected chi connectivity index (χ2v) is 14.4. The van der Waals surface area contributed by atoms with E-state index in [2.05, 4.69) is 39.9 Å². The molecule has 0 saturated carbocycles. The van der Waals surface area contributed by atoms with Crippen LogP contribution in [0.2, 0.25) is 18.1 Å². The summed E-state index contributed by atoms with van der Waals surface area (Å²) in [5.41, 5.74) is 0.353. The van der Waals surface area contributed by atoms with Crippen molar-refractivity contribution >= 4 is 8.32 Å². The fourth-order valence-corrected chi connectivity index (χ4v) is 4.99. The minimum atomic E-state index is -2.02. The van der Waals surface area contributed by atoms with Gasteiger partial charge in [0.15, 0.2) is 14.6 Å². The average Bonchev–Trinajstić information content (AvgIpc) is 2.62. The van der Waals surface area contributed by atoms with Gasteiger partial charge in [0.25, 0.3) is 0 Å². The first-order valence-electron chi connectivity index (χ1n) is 10.1. The highest BCUT2D eigenvalue weighted by molar-refractivity contribution is 6.74. The second kappa shape index (κ2) is 7.89. The van der Waals surface area contributed by atoms with Crippen molar-refractivity contribution in [2.75, 3.05) is 6.61 Å². The smallest absolute Gasteiger partial charge is 0.192 e. The van der Waals surface area contributed by atoms with E-state index in [4.69, 9.17) is 18.6 Å². The van der Waals surface area contributed by atoms with Crippen molar-refractivity contribution in [3.8, 4) is 6.07 Å². The molecule has 0 amide bonds. The first kappa shape index (κ1) is 21.5. The zero-order valence-electron chi connectivity index (χ0n) is 17.9. The molecule has 1 aromatic carbocycles. The molecule has 1 aromatic rings. The monoisotopic (exact) mass is 403 g/mol. The van der Waals surface area contributed by atoms with E-state index in [1.807, 2.05) is 37.3 Å². The molecule has 2 aliphatic rings. The Morgan fingerprint density at radius 3 is 2.50 bits per heavy atom. The van der Waals surface area contributed by atoms with E-state index in [0.29, 0.717) is 13.0 Å². The minimum absolute atomic E-state index is 0.0838. The largest absolute Gasteiger partial charge is 0.411 e. The number of nitriles is 1. The SMILES string of the molecule is CC(C)(C)[Si](C)(C)O[C@@H]1C[C@@H]2O[C@H](c3ccccc3)OC[C@H]2O[C@@]1(C)CC#N. The van der Waals surface area contributed by atoms with Crippen LogP contribution in [0, 0.1) is 11.3 Å². The number of hydrogen-bond donors (Lipinski definition) is 0. The Morgan fingerprint density at radius 2 is 1.89 bits per heavy atom. The highest BCUT2D eigenvalue weighted by atomic mass is 28.4. The van der Waals surface area contributed by atoms with Crippen molar-refractivity contribution in [2.45, 2.75) is 88.9 Å². The maximum atomic E-state index is 9.41. The maximum Gasteiger partial charge on any atom is 0.192 e. The molecule has 6 heteroatoms. The normalized spacial score (nSPS) is 33.8. The van der Waals surface area contributed by atoms with E-state index in [9.17, 15) is 5.26 Å². The van der Waals surface area contributed by atoms with Gasteiger partial charge >= 0.3 is 0 Å². The van der Waals surface area contributed by atoms with Crippen LogP contribution in [-0.2, 0) is 18.6 Å². The molecule has 5 atom stereocenters. The van der Waals surface area contributed by atoms with Crippen molar-refractivity contribution in [3.05, 3.63) is 35.9 Å². The van der Waals surface area contributed by atoms with Crippen LogP contribution in [0.5, 0.6) is 0 Å². The van der Waals surface area contributed by atoms with Gasteiger partial charge in [0, 0.05) is 12.0 Å². The summed E-state index contributed by atoms with van der Waals surface area (Å²) in [6.45, 7) is 13.6. The molecule has 0 N–H and O–H groups in total. The van der Waals surface area contributed by atoms with Crippen LogP contribution in [0.3, 0.4) is 0 Å². The quantitative estimate of drug-likeness (QED) is 0.666. The molecule has 2 fully saturated rings. The Bertz CT molecular complexity index is 711. The summed E-state index contributed by atoms with van der Waals surface area (Å²) < 4.78 is 25.4. The zero-order chi connectivity index (χ0) is 20.6. The molecular weight excluding hydrogens is 370 g/mol. The Hall–Kier alpha value is -1.23. The van der Waals surface area contributed by atoms with Crippen molar-refractivity contribution in [1.82, 2.24) is 0 Å². The Morgan fingerprint density at radius 1 is 1.21 bits per heavy atom. The minimum Gasteiger partial charge on any atom is -0.411 e. The van der Waals surface area contributed by atoms with E-state index < -0.39 is 13.9 Å². The number of benzene rings is 1. The highest BCUT2D eigenvalue weighted by Gasteiger charge is 2.52. The van der Waals surface area contributed by atoms with Gasteiger partial charge in [0.2, 0.25) is 0 Å². The van der Waals surface area contributed by atoms with E-state index in [1.165, 1.54) is 0 Å². The van der Waals surface area contributed by atoms with Crippen molar-refractivity contribution in [3.63, 3.8) is 0 Å². The lowest BCUT2D eigenvalue weighted by atomic mass is 9.86. The molecule has 0 bridgehead atoms. The molecule has 0 unspecified atom stereocenters. The highest BCUT2D eigenvalue weighted by Crippen LogP contribution is 2.44. The molecular formula is C22H33NO4Si. The zero-order valence-corrected chi connectivity index (χ0v) is 18.9.